The van der Waals surface area contributed by atoms with Gasteiger partial charge >= 0.3 is 0 Å². The molecule has 3 rings (SSSR count). The number of thiophene rings is 1. The van der Waals surface area contributed by atoms with Crippen LogP contribution in [0, 0.1) is 0 Å². The number of ether oxygens (including phenoxy) is 1. The number of carbonyl (C=O) groups is 2. The lowest BCUT2D eigenvalue weighted by Gasteiger charge is -2.29. The van der Waals surface area contributed by atoms with Crippen molar-refractivity contribution in [1.29, 1.82) is 0 Å². The minimum atomic E-state index is -0.354. The summed E-state index contributed by atoms with van der Waals surface area (Å²) in [5.74, 6) is -0.0111. The van der Waals surface area contributed by atoms with E-state index < -0.39 is 0 Å². The quantitative estimate of drug-likeness (QED) is 0.419. The maximum Gasteiger partial charge on any atom is 0.268 e. The number of methoxy groups -OCH3 is 1. The van der Waals surface area contributed by atoms with Crippen molar-refractivity contribution in [2.45, 2.75) is 38.6 Å². The van der Waals surface area contributed by atoms with Gasteiger partial charge in [-0.1, -0.05) is 50.2 Å². The number of benzene rings is 2. The average molecular weight is 463 g/mol. The summed E-state index contributed by atoms with van der Waals surface area (Å²) >= 11 is 1.50. The molecular formula is C27H30N2O3S. The highest BCUT2D eigenvalue weighted by molar-refractivity contribution is 7.10. The predicted molar refractivity (Wildman–Crippen MR) is 134 cm³/mol. The minimum Gasteiger partial charge on any atom is -0.497 e. The molecule has 1 atom stereocenters. The first-order valence-electron chi connectivity index (χ1n) is 10.9. The molecule has 0 fully saturated rings. The van der Waals surface area contributed by atoms with Gasteiger partial charge in [0.05, 0.1) is 7.11 Å². The molecule has 0 radical (unpaired) electrons. The highest BCUT2D eigenvalue weighted by atomic mass is 32.1. The summed E-state index contributed by atoms with van der Waals surface area (Å²) in [7, 11) is 1.57. The van der Waals surface area contributed by atoms with Crippen molar-refractivity contribution in [3.05, 3.63) is 93.8 Å². The molecule has 6 heteroatoms. The van der Waals surface area contributed by atoms with Crippen molar-refractivity contribution in [2.24, 2.45) is 0 Å². The van der Waals surface area contributed by atoms with Gasteiger partial charge in [-0.2, -0.15) is 0 Å². The van der Waals surface area contributed by atoms with Crippen molar-refractivity contribution in [1.82, 2.24) is 10.6 Å². The second-order valence-corrected chi connectivity index (χ2v) is 9.56. The lowest BCUT2D eigenvalue weighted by atomic mass is 9.79. The molecule has 5 nitrogen and oxygen atoms in total. The Bertz CT molecular complexity index is 1090. The lowest BCUT2D eigenvalue weighted by Crippen LogP contribution is -2.41. The summed E-state index contributed by atoms with van der Waals surface area (Å²) < 4.78 is 5.15. The summed E-state index contributed by atoms with van der Waals surface area (Å²) in [5.41, 5.74) is 1.76. The van der Waals surface area contributed by atoms with Crippen LogP contribution >= 0.6 is 11.3 Å². The smallest absolute Gasteiger partial charge is 0.268 e. The van der Waals surface area contributed by atoms with Gasteiger partial charge < -0.3 is 15.4 Å². The normalized spacial score (nSPS) is 12.7. The Morgan fingerprint density at radius 3 is 2.33 bits per heavy atom. The van der Waals surface area contributed by atoms with E-state index in [4.69, 9.17) is 4.74 Å². The molecule has 0 bridgehead atoms. The Morgan fingerprint density at radius 1 is 1.03 bits per heavy atom. The first-order valence-corrected chi connectivity index (χ1v) is 11.7. The van der Waals surface area contributed by atoms with E-state index in [9.17, 15) is 9.59 Å². The zero-order valence-electron chi connectivity index (χ0n) is 19.4. The second kappa shape index (κ2) is 11.0. The molecule has 0 saturated heterocycles. The zero-order valence-corrected chi connectivity index (χ0v) is 20.2. The number of amides is 2. The molecule has 0 aliphatic heterocycles. The molecule has 33 heavy (non-hydrogen) atoms. The SMILES string of the molecule is COc1ccc(C(=O)N/C(=C\c2cccs2)C(=O)N[C@H](C)CC(C)(C)c2ccccc2)cc1. The molecule has 0 aliphatic rings. The number of carbonyl (C=O) groups excluding carboxylic acids is 2. The summed E-state index contributed by atoms with van der Waals surface area (Å²) in [4.78, 5) is 26.9. The van der Waals surface area contributed by atoms with Gasteiger partial charge in [-0.3, -0.25) is 9.59 Å². The third kappa shape index (κ3) is 6.80. The van der Waals surface area contributed by atoms with Gasteiger partial charge in [0.15, 0.2) is 0 Å². The highest BCUT2D eigenvalue weighted by Crippen LogP contribution is 2.28. The molecule has 1 heterocycles. The molecule has 1 aromatic heterocycles. The summed E-state index contributed by atoms with van der Waals surface area (Å²) in [6.07, 6.45) is 2.46. The van der Waals surface area contributed by atoms with E-state index in [1.807, 2.05) is 42.6 Å². The van der Waals surface area contributed by atoms with Crippen LogP contribution in [0.25, 0.3) is 6.08 Å². The van der Waals surface area contributed by atoms with Crippen LogP contribution in [0.1, 0.15) is 48.0 Å². The maximum atomic E-state index is 13.2. The average Bonchev–Trinajstić information content (AvgIpc) is 3.32. The second-order valence-electron chi connectivity index (χ2n) is 8.58. The monoisotopic (exact) mass is 462 g/mol. The van der Waals surface area contributed by atoms with Crippen LogP contribution in [-0.2, 0) is 10.2 Å². The molecular weight excluding hydrogens is 432 g/mol. The lowest BCUT2D eigenvalue weighted by molar-refractivity contribution is -0.118. The number of nitrogens with one attached hydrogen (secondary N) is 2. The van der Waals surface area contributed by atoms with Crippen molar-refractivity contribution < 1.29 is 14.3 Å². The summed E-state index contributed by atoms with van der Waals surface area (Å²) in [6, 6.07) is 20.7. The zero-order chi connectivity index (χ0) is 23.8. The molecule has 172 valence electrons. The van der Waals surface area contributed by atoms with Crippen molar-refractivity contribution in [2.75, 3.05) is 7.11 Å². The Kier molecular flexibility index (Phi) is 8.06. The molecule has 2 aromatic carbocycles. The number of hydrogen-bond donors (Lipinski definition) is 2. The fourth-order valence-electron chi connectivity index (χ4n) is 3.74. The van der Waals surface area contributed by atoms with Gasteiger partial charge in [-0.25, -0.2) is 0 Å². The number of rotatable bonds is 9. The van der Waals surface area contributed by atoms with Gasteiger partial charge in [0, 0.05) is 16.5 Å². The third-order valence-electron chi connectivity index (χ3n) is 5.42. The third-order valence-corrected chi connectivity index (χ3v) is 6.24. The van der Waals surface area contributed by atoms with Crippen LogP contribution in [0.2, 0.25) is 0 Å². The largest absolute Gasteiger partial charge is 0.497 e. The molecule has 3 aromatic rings. The van der Waals surface area contributed by atoms with Gasteiger partial charge in [-0.05, 0) is 66.1 Å². The summed E-state index contributed by atoms with van der Waals surface area (Å²) in [6.45, 7) is 6.31. The van der Waals surface area contributed by atoms with E-state index in [1.165, 1.54) is 16.9 Å². The topological polar surface area (TPSA) is 67.4 Å². The van der Waals surface area contributed by atoms with Crippen LogP contribution in [-0.4, -0.2) is 25.0 Å². The van der Waals surface area contributed by atoms with E-state index in [-0.39, 0.29) is 29.0 Å². The van der Waals surface area contributed by atoms with Gasteiger partial charge in [-0.15, -0.1) is 11.3 Å². The Hall–Kier alpha value is -3.38. The summed E-state index contributed by atoms with van der Waals surface area (Å²) in [5, 5.41) is 7.77. The van der Waals surface area contributed by atoms with Crippen LogP contribution < -0.4 is 15.4 Å². The Balaban J connectivity index is 1.73. The molecule has 2 amide bonds. The molecule has 0 spiro atoms. The predicted octanol–water partition coefficient (Wildman–Crippen LogP) is 5.40. The standard InChI is InChI=1S/C27H30N2O3S/c1-19(18-27(2,3)21-9-6-5-7-10-21)28-26(31)24(17-23-11-8-16-33-23)29-25(30)20-12-14-22(32-4)15-13-20/h5-17,19H,18H2,1-4H3,(H,28,31)(H,29,30)/b24-17-/t19-/m1/s1. The molecule has 2 N–H and O–H groups in total. The van der Waals surface area contributed by atoms with Gasteiger partial charge in [0.1, 0.15) is 11.4 Å². The first-order chi connectivity index (χ1) is 15.8. The van der Waals surface area contributed by atoms with E-state index >= 15 is 0 Å². The molecule has 0 aliphatic carbocycles. The van der Waals surface area contributed by atoms with Crippen LogP contribution in [0.4, 0.5) is 0 Å². The van der Waals surface area contributed by atoms with Crippen molar-refractivity contribution in [3.8, 4) is 5.75 Å². The molecule has 0 saturated carbocycles. The fourth-order valence-corrected chi connectivity index (χ4v) is 4.39. The van der Waals surface area contributed by atoms with Gasteiger partial charge in [0.2, 0.25) is 0 Å². The molecule has 0 unspecified atom stereocenters. The van der Waals surface area contributed by atoms with E-state index in [1.54, 1.807) is 37.5 Å². The highest BCUT2D eigenvalue weighted by Gasteiger charge is 2.25. The van der Waals surface area contributed by atoms with Crippen molar-refractivity contribution >= 4 is 29.2 Å². The number of hydrogen-bond acceptors (Lipinski definition) is 4. The van der Waals surface area contributed by atoms with Crippen LogP contribution in [0.5, 0.6) is 5.75 Å². The fraction of sp³-hybridized carbons (Fsp3) is 0.259. The van der Waals surface area contributed by atoms with E-state index in [0.717, 1.165) is 11.3 Å². The van der Waals surface area contributed by atoms with Gasteiger partial charge in [0.25, 0.3) is 11.8 Å². The Labute approximate surface area is 199 Å². The van der Waals surface area contributed by atoms with Crippen molar-refractivity contribution in [3.63, 3.8) is 0 Å². The maximum absolute atomic E-state index is 13.2. The van der Waals surface area contributed by atoms with Crippen LogP contribution in [0.3, 0.4) is 0 Å². The minimum absolute atomic E-state index is 0.0997. The van der Waals surface area contributed by atoms with E-state index in [0.29, 0.717) is 11.3 Å². The first kappa shape index (κ1) is 24.3. The Morgan fingerprint density at radius 2 is 1.73 bits per heavy atom. The van der Waals surface area contributed by atoms with E-state index in [2.05, 4.69) is 36.6 Å². The van der Waals surface area contributed by atoms with Crippen LogP contribution in [0.15, 0.2) is 77.8 Å².